The maximum atomic E-state index is 9.06. The van der Waals surface area contributed by atoms with Crippen LogP contribution < -0.4 is 0 Å². The normalized spacial score (nSPS) is 9.46. The number of nitrogens with zero attached hydrogens (tertiary/aromatic N) is 1. The largest absolute Gasteiger partial charge is 0.508 e. The highest BCUT2D eigenvalue weighted by Gasteiger charge is 2.00. The molecule has 0 aliphatic heterocycles. The summed E-state index contributed by atoms with van der Waals surface area (Å²) in [4.78, 5) is 4.05. The van der Waals surface area contributed by atoms with Gasteiger partial charge in [0.15, 0.2) is 11.5 Å². The van der Waals surface area contributed by atoms with Crippen molar-refractivity contribution in [2.24, 2.45) is 0 Å². The number of phenolic OH excluding ortho intramolecular Hbond substituents is 1. The van der Waals surface area contributed by atoms with Crippen molar-refractivity contribution < 1.29 is 9.52 Å². The highest BCUT2D eigenvalue weighted by atomic mass is 16.3. The molecule has 0 unspecified atom stereocenters. The van der Waals surface area contributed by atoms with E-state index < -0.39 is 0 Å². The lowest BCUT2D eigenvalue weighted by Crippen LogP contribution is -1.67. The lowest BCUT2D eigenvalue weighted by Gasteiger charge is -1.86. The third-order valence-corrected chi connectivity index (χ3v) is 1.48. The summed E-state index contributed by atoms with van der Waals surface area (Å²) in [6.07, 6.45) is 0. The fourth-order valence-electron chi connectivity index (χ4n) is 1.03. The number of aromatic nitrogens is 1. The van der Waals surface area contributed by atoms with Crippen LogP contribution >= 0.6 is 0 Å². The molecular weight excluding hydrogens is 166 g/mol. The minimum Gasteiger partial charge on any atom is -0.508 e. The van der Waals surface area contributed by atoms with Crippen LogP contribution in [0.1, 0.15) is 19.7 Å². The summed E-state index contributed by atoms with van der Waals surface area (Å²) in [6, 6.07) is 4.85. The molecule has 2 aromatic rings. The lowest BCUT2D eigenvalue weighted by molar-refractivity contribution is 0.475. The predicted molar refractivity (Wildman–Crippen MR) is 51.8 cm³/mol. The third kappa shape index (κ3) is 1.99. The molecule has 1 aromatic carbocycles. The first-order valence-corrected chi connectivity index (χ1v) is 4.32. The quantitative estimate of drug-likeness (QED) is 0.676. The van der Waals surface area contributed by atoms with Gasteiger partial charge in [-0.25, -0.2) is 4.98 Å². The second kappa shape index (κ2) is 3.94. The molecule has 1 aromatic heterocycles. The number of hydrogen-bond acceptors (Lipinski definition) is 3. The lowest BCUT2D eigenvalue weighted by atomic mass is 10.3. The molecular formula is C10H13NO2. The number of hydrogen-bond donors (Lipinski definition) is 1. The average molecular weight is 179 g/mol. The third-order valence-electron chi connectivity index (χ3n) is 1.48. The Morgan fingerprint density at radius 3 is 2.69 bits per heavy atom. The Morgan fingerprint density at radius 2 is 2.00 bits per heavy atom. The molecule has 1 N–H and O–H groups in total. The molecule has 70 valence electrons. The monoisotopic (exact) mass is 179 g/mol. The summed E-state index contributed by atoms with van der Waals surface area (Å²) in [5.74, 6) is 0.830. The van der Waals surface area contributed by atoms with Crippen LogP contribution in [0.2, 0.25) is 0 Å². The summed E-state index contributed by atoms with van der Waals surface area (Å²) in [7, 11) is 0. The summed E-state index contributed by atoms with van der Waals surface area (Å²) in [6.45, 7) is 5.77. The average Bonchev–Trinajstić information content (AvgIpc) is 2.48. The van der Waals surface area contributed by atoms with E-state index in [1.165, 1.54) is 0 Å². The highest BCUT2D eigenvalue weighted by Crippen LogP contribution is 2.19. The molecule has 0 saturated heterocycles. The molecule has 3 nitrogen and oxygen atoms in total. The van der Waals surface area contributed by atoms with E-state index in [1.807, 2.05) is 13.8 Å². The Morgan fingerprint density at radius 1 is 1.31 bits per heavy atom. The maximum absolute atomic E-state index is 9.06. The van der Waals surface area contributed by atoms with Crippen LogP contribution in [0.4, 0.5) is 0 Å². The van der Waals surface area contributed by atoms with Crippen LogP contribution in [-0.2, 0) is 0 Å². The summed E-state index contributed by atoms with van der Waals surface area (Å²) >= 11 is 0. The second-order valence-electron chi connectivity index (χ2n) is 2.38. The molecule has 0 atom stereocenters. The van der Waals surface area contributed by atoms with Crippen LogP contribution in [0.25, 0.3) is 11.1 Å². The standard InChI is InChI=1S/C8H7NO2.C2H6/c1-5-9-7-4-6(10)2-3-8(7)11-5;1-2/h2-4,10H,1H3;1-2H3. The van der Waals surface area contributed by atoms with Crippen molar-refractivity contribution in [2.45, 2.75) is 20.8 Å². The molecule has 0 amide bonds. The van der Waals surface area contributed by atoms with Crippen molar-refractivity contribution in [1.29, 1.82) is 0 Å². The first kappa shape index (κ1) is 9.58. The Hall–Kier alpha value is -1.51. The van der Waals surface area contributed by atoms with E-state index in [2.05, 4.69) is 4.98 Å². The zero-order valence-electron chi connectivity index (χ0n) is 8.03. The van der Waals surface area contributed by atoms with Gasteiger partial charge in [-0.2, -0.15) is 0 Å². The van der Waals surface area contributed by atoms with E-state index in [9.17, 15) is 0 Å². The summed E-state index contributed by atoms with van der Waals surface area (Å²) in [5, 5.41) is 9.06. The van der Waals surface area contributed by atoms with Crippen LogP contribution in [0.15, 0.2) is 22.6 Å². The Labute approximate surface area is 77.0 Å². The van der Waals surface area contributed by atoms with Gasteiger partial charge in [-0.1, -0.05) is 13.8 Å². The molecule has 0 saturated carbocycles. The molecule has 0 bridgehead atoms. The molecule has 0 spiro atoms. The number of rotatable bonds is 0. The van der Waals surface area contributed by atoms with Crippen molar-refractivity contribution in [3.63, 3.8) is 0 Å². The summed E-state index contributed by atoms with van der Waals surface area (Å²) < 4.78 is 5.20. The molecule has 1 heterocycles. The minimum absolute atomic E-state index is 0.214. The van der Waals surface area contributed by atoms with Gasteiger partial charge in [0, 0.05) is 13.0 Å². The van der Waals surface area contributed by atoms with Gasteiger partial charge < -0.3 is 9.52 Å². The smallest absolute Gasteiger partial charge is 0.192 e. The fraction of sp³-hybridized carbons (Fsp3) is 0.300. The van der Waals surface area contributed by atoms with Crippen molar-refractivity contribution in [3.05, 3.63) is 24.1 Å². The van der Waals surface area contributed by atoms with Crippen LogP contribution in [0, 0.1) is 6.92 Å². The molecule has 2 rings (SSSR count). The Kier molecular flexibility index (Phi) is 2.90. The number of benzene rings is 1. The number of phenols is 1. The zero-order chi connectivity index (χ0) is 9.84. The van der Waals surface area contributed by atoms with E-state index in [-0.39, 0.29) is 5.75 Å². The van der Waals surface area contributed by atoms with E-state index >= 15 is 0 Å². The molecule has 0 fully saturated rings. The second-order valence-corrected chi connectivity index (χ2v) is 2.38. The van der Waals surface area contributed by atoms with Gasteiger partial charge in [-0.15, -0.1) is 0 Å². The SMILES string of the molecule is CC.Cc1nc2cc(O)ccc2o1. The van der Waals surface area contributed by atoms with Gasteiger partial charge >= 0.3 is 0 Å². The van der Waals surface area contributed by atoms with Crippen LogP contribution in [-0.4, -0.2) is 10.1 Å². The maximum Gasteiger partial charge on any atom is 0.192 e. The molecule has 0 aliphatic carbocycles. The van der Waals surface area contributed by atoms with Gasteiger partial charge in [-0.3, -0.25) is 0 Å². The van der Waals surface area contributed by atoms with Crippen molar-refractivity contribution >= 4 is 11.1 Å². The zero-order valence-corrected chi connectivity index (χ0v) is 8.03. The van der Waals surface area contributed by atoms with E-state index in [1.54, 1.807) is 25.1 Å². The van der Waals surface area contributed by atoms with E-state index in [0.717, 1.165) is 0 Å². The van der Waals surface area contributed by atoms with Gasteiger partial charge in [0.1, 0.15) is 11.3 Å². The minimum atomic E-state index is 0.214. The fourth-order valence-corrected chi connectivity index (χ4v) is 1.03. The molecule has 0 radical (unpaired) electrons. The van der Waals surface area contributed by atoms with Gasteiger partial charge in [0.25, 0.3) is 0 Å². The van der Waals surface area contributed by atoms with Crippen molar-refractivity contribution in [1.82, 2.24) is 4.98 Å². The first-order valence-electron chi connectivity index (χ1n) is 4.32. The number of oxazole rings is 1. The predicted octanol–water partition coefficient (Wildman–Crippen LogP) is 2.87. The van der Waals surface area contributed by atoms with Gasteiger partial charge in [-0.05, 0) is 12.1 Å². The van der Waals surface area contributed by atoms with Gasteiger partial charge in [0.2, 0.25) is 0 Å². The number of aromatic hydroxyl groups is 1. The Balaban J connectivity index is 0.000000396. The topological polar surface area (TPSA) is 46.3 Å². The van der Waals surface area contributed by atoms with Crippen molar-refractivity contribution in [3.8, 4) is 5.75 Å². The molecule has 0 aliphatic rings. The van der Waals surface area contributed by atoms with Gasteiger partial charge in [0.05, 0.1) is 0 Å². The first-order chi connectivity index (χ1) is 6.25. The van der Waals surface area contributed by atoms with E-state index in [0.29, 0.717) is 17.0 Å². The van der Waals surface area contributed by atoms with Crippen LogP contribution in [0.3, 0.4) is 0 Å². The molecule has 13 heavy (non-hydrogen) atoms. The van der Waals surface area contributed by atoms with Crippen molar-refractivity contribution in [2.75, 3.05) is 0 Å². The number of aryl methyl sites for hydroxylation is 1. The van der Waals surface area contributed by atoms with E-state index in [4.69, 9.17) is 9.52 Å². The number of fused-ring (bicyclic) bond motifs is 1. The molecule has 3 heteroatoms. The summed E-state index contributed by atoms with van der Waals surface area (Å²) in [5.41, 5.74) is 1.41. The highest BCUT2D eigenvalue weighted by molar-refractivity contribution is 5.74. The van der Waals surface area contributed by atoms with Crippen LogP contribution in [0.5, 0.6) is 5.75 Å². The Bertz CT molecular complexity index is 393.